The molecule has 1 unspecified atom stereocenters. The quantitative estimate of drug-likeness (QED) is 0.415. The summed E-state index contributed by atoms with van der Waals surface area (Å²) in [5.74, 6) is -0.656. The summed E-state index contributed by atoms with van der Waals surface area (Å²) in [4.78, 5) is 50.8. The molecule has 2 aliphatic rings. The Morgan fingerprint density at radius 1 is 1.09 bits per heavy atom. The van der Waals surface area contributed by atoms with Crippen LogP contribution in [0.4, 0.5) is 21.0 Å². The lowest BCUT2D eigenvalue weighted by Gasteiger charge is -2.30. The maximum absolute atomic E-state index is 12.4. The molecule has 0 bridgehead atoms. The summed E-state index contributed by atoms with van der Waals surface area (Å²) in [7, 11) is 0. The number of ether oxygens (including phenoxy) is 1. The molecule has 0 spiro atoms. The van der Waals surface area contributed by atoms with E-state index in [1.807, 2.05) is 6.92 Å². The first-order valence-electron chi connectivity index (χ1n) is 10.8. The van der Waals surface area contributed by atoms with Crippen molar-refractivity contribution < 1.29 is 23.9 Å². The third kappa shape index (κ3) is 6.92. The lowest BCUT2D eigenvalue weighted by molar-refractivity contribution is -0.125. The molecular formula is C21H30N6O5. The number of morpholine rings is 1. The summed E-state index contributed by atoms with van der Waals surface area (Å²) >= 11 is 0. The number of carbonyl (C=O) groups excluding carboxylic acids is 4. The Kier molecular flexibility index (Phi) is 8.40. The molecule has 174 valence electrons. The van der Waals surface area contributed by atoms with Crippen LogP contribution in [0.15, 0.2) is 24.3 Å². The molecule has 0 radical (unpaired) electrons. The number of nitrogens with one attached hydrogen (secondary N) is 4. The smallest absolute Gasteiger partial charge is 0.324 e. The van der Waals surface area contributed by atoms with E-state index in [9.17, 15) is 19.2 Å². The fourth-order valence-corrected chi connectivity index (χ4v) is 3.48. The Morgan fingerprint density at radius 2 is 1.75 bits per heavy atom. The number of benzene rings is 1. The zero-order valence-electron chi connectivity index (χ0n) is 18.2. The molecule has 6 amide bonds. The predicted octanol–water partition coefficient (Wildman–Crippen LogP) is 0.799. The monoisotopic (exact) mass is 446 g/mol. The van der Waals surface area contributed by atoms with Crippen molar-refractivity contribution in [2.45, 2.75) is 25.8 Å². The summed E-state index contributed by atoms with van der Waals surface area (Å²) < 4.78 is 5.35. The Balaban J connectivity index is 1.41. The lowest BCUT2D eigenvalue weighted by atomic mass is 10.2. The number of carbonyl (C=O) groups is 4. The van der Waals surface area contributed by atoms with E-state index in [1.165, 1.54) is 0 Å². The number of amides is 6. The summed E-state index contributed by atoms with van der Waals surface area (Å²) in [5.41, 5.74) is 1.15. The molecule has 2 saturated heterocycles. The molecule has 3 rings (SSSR count). The van der Waals surface area contributed by atoms with Crippen LogP contribution in [0, 0.1) is 0 Å². The van der Waals surface area contributed by atoms with Gasteiger partial charge in [-0.25, -0.2) is 9.59 Å². The topological polar surface area (TPSA) is 132 Å². The first-order chi connectivity index (χ1) is 15.4. The highest BCUT2D eigenvalue weighted by Gasteiger charge is 2.28. The lowest BCUT2D eigenvalue weighted by Crippen LogP contribution is -2.48. The number of hydrogen-bond donors (Lipinski definition) is 4. The van der Waals surface area contributed by atoms with E-state index in [2.05, 4.69) is 26.2 Å². The minimum Gasteiger partial charge on any atom is -0.379 e. The van der Waals surface area contributed by atoms with Gasteiger partial charge >= 0.3 is 12.1 Å². The molecule has 2 aliphatic heterocycles. The fraction of sp³-hybridized carbons (Fsp3) is 0.524. The molecule has 2 fully saturated rings. The van der Waals surface area contributed by atoms with Crippen LogP contribution in [0.2, 0.25) is 0 Å². The van der Waals surface area contributed by atoms with Crippen LogP contribution in [0.1, 0.15) is 19.8 Å². The normalized spacial score (nSPS) is 17.6. The number of hydrogen-bond acceptors (Lipinski definition) is 6. The Labute approximate surface area is 186 Å². The van der Waals surface area contributed by atoms with Gasteiger partial charge in [0.25, 0.3) is 0 Å². The average molecular weight is 447 g/mol. The van der Waals surface area contributed by atoms with Gasteiger partial charge in [0.05, 0.1) is 19.8 Å². The molecule has 1 aromatic carbocycles. The van der Waals surface area contributed by atoms with E-state index < -0.39 is 6.03 Å². The largest absolute Gasteiger partial charge is 0.379 e. The molecule has 0 aromatic heterocycles. The molecule has 0 aliphatic carbocycles. The van der Waals surface area contributed by atoms with Crippen LogP contribution in [0.3, 0.4) is 0 Å². The van der Waals surface area contributed by atoms with Crippen LogP contribution >= 0.6 is 0 Å². The maximum Gasteiger partial charge on any atom is 0.324 e. The van der Waals surface area contributed by atoms with E-state index in [4.69, 9.17) is 4.74 Å². The first-order valence-corrected chi connectivity index (χ1v) is 10.8. The molecule has 1 aromatic rings. The van der Waals surface area contributed by atoms with E-state index in [-0.39, 0.29) is 43.4 Å². The molecule has 0 saturated carbocycles. The minimum absolute atomic E-state index is 0.00309. The summed E-state index contributed by atoms with van der Waals surface area (Å²) in [6.07, 6.45) is 0.823. The molecular weight excluding hydrogens is 416 g/mol. The Morgan fingerprint density at radius 3 is 2.34 bits per heavy atom. The standard InChI is InChI=1S/C21H30N6O5/c1-2-15(14-26-9-11-32-12-10-26)24-20(30)25-17-5-3-16(4-6-17)23-18(28)7-8-27-19(29)13-22-21(27)31/h3-6,15H,2,7-14H2,1H3,(H,22,31)(H,23,28)(H2,24,25,30). The van der Waals surface area contributed by atoms with Gasteiger partial charge in [-0.3, -0.25) is 19.4 Å². The van der Waals surface area contributed by atoms with Crippen molar-refractivity contribution >= 4 is 35.3 Å². The van der Waals surface area contributed by atoms with Gasteiger partial charge in [0.1, 0.15) is 0 Å². The zero-order valence-corrected chi connectivity index (χ0v) is 18.2. The van der Waals surface area contributed by atoms with Gasteiger partial charge < -0.3 is 26.0 Å². The van der Waals surface area contributed by atoms with E-state index >= 15 is 0 Å². The highest BCUT2D eigenvalue weighted by atomic mass is 16.5. The second-order valence-electron chi connectivity index (χ2n) is 7.70. The average Bonchev–Trinajstić information content (AvgIpc) is 3.11. The molecule has 11 nitrogen and oxygen atoms in total. The Hall–Kier alpha value is -3.18. The number of urea groups is 2. The summed E-state index contributed by atoms with van der Waals surface area (Å²) in [6.45, 7) is 5.99. The van der Waals surface area contributed by atoms with Gasteiger partial charge in [-0.1, -0.05) is 6.92 Å². The second kappa shape index (κ2) is 11.4. The molecule has 32 heavy (non-hydrogen) atoms. The van der Waals surface area contributed by atoms with Crippen molar-refractivity contribution in [2.24, 2.45) is 0 Å². The van der Waals surface area contributed by atoms with Crippen molar-refractivity contribution in [3.05, 3.63) is 24.3 Å². The van der Waals surface area contributed by atoms with Crippen LogP contribution in [-0.2, 0) is 14.3 Å². The van der Waals surface area contributed by atoms with Gasteiger partial charge in [-0.05, 0) is 30.7 Å². The highest BCUT2D eigenvalue weighted by Crippen LogP contribution is 2.14. The second-order valence-corrected chi connectivity index (χ2v) is 7.70. The molecule has 4 N–H and O–H groups in total. The van der Waals surface area contributed by atoms with E-state index in [0.717, 1.165) is 44.2 Å². The van der Waals surface area contributed by atoms with Gasteiger partial charge in [0.2, 0.25) is 11.8 Å². The zero-order chi connectivity index (χ0) is 22.9. The van der Waals surface area contributed by atoms with Crippen molar-refractivity contribution in [3.8, 4) is 0 Å². The van der Waals surface area contributed by atoms with Gasteiger partial charge in [-0.2, -0.15) is 0 Å². The van der Waals surface area contributed by atoms with Crippen molar-refractivity contribution in [1.29, 1.82) is 0 Å². The highest BCUT2D eigenvalue weighted by molar-refractivity contribution is 6.02. The number of imide groups is 1. The molecule has 11 heteroatoms. The van der Waals surface area contributed by atoms with Crippen molar-refractivity contribution in [3.63, 3.8) is 0 Å². The summed E-state index contributed by atoms with van der Waals surface area (Å²) in [5, 5.41) is 10.9. The number of nitrogens with zero attached hydrogens (tertiary/aromatic N) is 2. The number of rotatable bonds is 9. The summed E-state index contributed by atoms with van der Waals surface area (Å²) in [6, 6.07) is 6.00. The van der Waals surface area contributed by atoms with Gasteiger partial charge in [-0.15, -0.1) is 0 Å². The SMILES string of the molecule is CCC(CN1CCOCC1)NC(=O)Nc1ccc(NC(=O)CCN2C(=O)CNC2=O)cc1. The van der Waals surface area contributed by atoms with Crippen molar-refractivity contribution in [2.75, 3.05) is 56.6 Å². The minimum atomic E-state index is -0.480. The van der Waals surface area contributed by atoms with Crippen molar-refractivity contribution in [1.82, 2.24) is 20.4 Å². The molecule has 2 heterocycles. The third-order valence-electron chi connectivity index (χ3n) is 5.34. The van der Waals surface area contributed by atoms with Gasteiger partial charge in [0.15, 0.2) is 0 Å². The molecule has 1 atom stereocenters. The van der Waals surface area contributed by atoms with Crippen LogP contribution in [-0.4, -0.2) is 85.7 Å². The van der Waals surface area contributed by atoms with Gasteiger partial charge in [0, 0.05) is 50.0 Å². The fourth-order valence-electron chi connectivity index (χ4n) is 3.48. The van der Waals surface area contributed by atoms with Crippen LogP contribution < -0.4 is 21.3 Å². The Bertz CT molecular complexity index is 808. The van der Waals surface area contributed by atoms with E-state index in [1.54, 1.807) is 24.3 Å². The number of anilines is 2. The van der Waals surface area contributed by atoms with Crippen LogP contribution in [0.5, 0.6) is 0 Å². The predicted molar refractivity (Wildman–Crippen MR) is 118 cm³/mol. The maximum atomic E-state index is 12.4. The third-order valence-corrected chi connectivity index (χ3v) is 5.34. The van der Waals surface area contributed by atoms with E-state index in [0.29, 0.717) is 11.4 Å². The van der Waals surface area contributed by atoms with Crippen LogP contribution in [0.25, 0.3) is 0 Å². The first kappa shape index (κ1) is 23.5.